The predicted molar refractivity (Wildman–Crippen MR) is 115 cm³/mol. The quantitative estimate of drug-likeness (QED) is 0.257. The number of carboxylic acid groups (broad SMARTS) is 1. The zero-order valence-corrected chi connectivity index (χ0v) is 18.5. The van der Waals surface area contributed by atoms with Gasteiger partial charge in [0.05, 0.1) is 35.6 Å². The SMILES string of the molecule is C=C(CC(C)(C)C(=O)O)OCCCOC(=C)CC(C)(C)C(=O)OCc1ccccc1. The molecule has 1 N–H and O–H groups in total. The Bertz CT molecular complexity index is 733. The van der Waals surface area contributed by atoms with Crippen molar-refractivity contribution in [3.05, 3.63) is 60.6 Å². The van der Waals surface area contributed by atoms with Crippen molar-refractivity contribution in [2.45, 2.75) is 53.6 Å². The van der Waals surface area contributed by atoms with Crippen LogP contribution in [-0.2, 0) is 30.4 Å². The number of benzene rings is 1. The molecule has 0 aliphatic heterocycles. The van der Waals surface area contributed by atoms with Crippen LogP contribution in [0.25, 0.3) is 0 Å². The average Bonchev–Trinajstić information content (AvgIpc) is 2.65. The van der Waals surface area contributed by atoms with Gasteiger partial charge in [-0.3, -0.25) is 9.59 Å². The Morgan fingerprint density at radius 3 is 1.87 bits per heavy atom. The Morgan fingerprint density at radius 2 is 1.37 bits per heavy atom. The van der Waals surface area contributed by atoms with E-state index in [0.717, 1.165) is 5.56 Å². The highest BCUT2D eigenvalue weighted by Crippen LogP contribution is 2.28. The number of hydrogen-bond acceptors (Lipinski definition) is 5. The fraction of sp³-hybridized carbons (Fsp3) is 0.500. The Hall–Kier alpha value is -2.76. The van der Waals surface area contributed by atoms with E-state index < -0.39 is 16.8 Å². The number of hydrogen-bond donors (Lipinski definition) is 1. The Morgan fingerprint density at radius 1 is 0.867 bits per heavy atom. The maximum absolute atomic E-state index is 12.4. The van der Waals surface area contributed by atoms with Gasteiger partial charge in [-0.15, -0.1) is 0 Å². The van der Waals surface area contributed by atoms with E-state index in [1.165, 1.54) is 0 Å². The normalized spacial score (nSPS) is 11.5. The topological polar surface area (TPSA) is 82.1 Å². The van der Waals surface area contributed by atoms with Gasteiger partial charge in [0.15, 0.2) is 0 Å². The number of ether oxygens (including phenoxy) is 3. The van der Waals surface area contributed by atoms with Crippen molar-refractivity contribution in [2.24, 2.45) is 10.8 Å². The minimum absolute atomic E-state index is 0.232. The Kier molecular flexibility index (Phi) is 9.63. The van der Waals surface area contributed by atoms with E-state index in [2.05, 4.69) is 13.2 Å². The summed E-state index contributed by atoms with van der Waals surface area (Å²) in [6.07, 6.45) is 1.18. The van der Waals surface area contributed by atoms with Gasteiger partial charge in [-0.1, -0.05) is 43.5 Å². The van der Waals surface area contributed by atoms with Crippen LogP contribution in [0.15, 0.2) is 55.0 Å². The smallest absolute Gasteiger partial charge is 0.312 e. The summed E-state index contributed by atoms with van der Waals surface area (Å²) in [5, 5.41) is 9.13. The fourth-order valence-electron chi connectivity index (χ4n) is 2.65. The van der Waals surface area contributed by atoms with E-state index in [1.807, 2.05) is 30.3 Å². The molecule has 0 spiro atoms. The van der Waals surface area contributed by atoms with Crippen molar-refractivity contribution in [3.63, 3.8) is 0 Å². The Labute approximate surface area is 179 Å². The summed E-state index contributed by atoms with van der Waals surface area (Å²) in [4.78, 5) is 23.5. The molecule has 0 atom stereocenters. The average molecular weight is 419 g/mol. The van der Waals surface area contributed by atoms with E-state index in [1.54, 1.807) is 27.7 Å². The summed E-state index contributed by atoms with van der Waals surface area (Å²) in [6.45, 7) is 15.5. The first-order valence-electron chi connectivity index (χ1n) is 10.00. The van der Waals surface area contributed by atoms with Crippen molar-refractivity contribution in [1.82, 2.24) is 0 Å². The number of aliphatic carboxylic acids is 1. The van der Waals surface area contributed by atoms with Gasteiger partial charge in [0.2, 0.25) is 0 Å². The van der Waals surface area contributed by atoms with Crippen LogP contribution in [0, 0.1) is 10.8 Å². The molecule has 0 amide bonds. The number of carbonyl (C=O) groups excluding carboxylic acids is 1. The molecule has 0 aliphatic carbocycles. The highest BCUT2D eigenvalue weighted by Gasteiger charge is 2.31. The molecule has 0 aliphatic rings. The largest absolute Gasteiger partial charge is 0.498 e. The molecular weight excluding hydrogens is 384 g/mol. The lowest BCUT2D eigenvalue weighted by molar-refractivity contribution is -0.155. The maximum Gasteiger partial charge on any atom is 0.312 e. The van der Waals surface area contributed by atoms with E-state index in [0.29, 0.717) is 37.6 Å². The number of allylic oxidation sites excluding steroid dienone is 2. The predicted octanol–water partition coefficient (Wildman–Crippen LogP) is 5.10. The van der Waals surface area contributed by atoms with Gasteiger partial charge >= 0.3 is 11.9 Å². The van der Waals surface area contributed by atoms with Crippen LogP contribution in [0.5, 0.6) is 0 Å². The first kappa shape index (κ1) is 25.3. The van der Waals surface area contributed by atoms with Gasteiger partial charge in [-0.25, -0.2) is 0 Å². The van der Waals surface area contributed by atoms with Crippen LogP contribution in [0.4, 0.5) is 0 Å². The minimum Gasteiger partial charge on any atom is -0.498 e. The first-order chi connectivity index (χ1) is 13.9. The molecule has 0 saturated carbocycles. The van der Waals surface area contributed by atoms with Gasteiger partial charge in [0.25, 0.3) is 0 Å². The van der Waals surface area contributed by atoms with Crippen molar-refractivity contribution < 1.29 is 28.9 Å². The molecule has 0 bridgehead atoms. The van der Waals surface area contributed by atoms with Crippen LogP contribution < -0.4 is 0 Å². The van der Waals surface area contributed by atoms with Crippen LogP contribution in [-0.4, -0.2) is 30.3 Å². The summed E-state index contributed by atoms with van der Waals surface area (Å²) < 4.78 is 16.5. The molecule has 1 rings (SSSR count). The third-order valence-electron chi connectivity index (χ3n) is 4.52. The third kappa shape index (κ3) is 9.16. The van der Waals surface area contributed by atoms with Gasteiger partial charge < -0.3 is 19.3 Å². The van der Waals surface area contributed by atoms with E-state index in [4.69, 9.17) is 19.3 Å². The lowest BCUT2D eigenvalue weighted by Gasteiger charge is -2.24. The summed E-state index contributed by atoms with van der Waals surface area (Å²) >= 11 is 0. The van der Waals surface area contributed by atoms with Crippen LogP contribution in [0.1, 0.15) is 52.5 Å². The molecule has 0 heterocycles. The van der Waals surface area contributed by atoms with E-state index in [9.17, 15) is 9.59 Å². The van der Waals surface area contributed by atoms with Crippen molar-refractivity contribution in [1.29, 1.82) is 0 Å². The van der Waals surface area contributed by atoms with Crippen molar-refractivity contribution in [3.8, 4) is 0 Å². The number of carbonyl (C=O) groups is 2. The third-order valence-corrected chi connectivity index (χ3v) is 4.52. The molecule has 0 aromatic heterocycles. The van der Waals surface area contributed by atoms with Gasteiger partial charge in [0, 0.05) is 19.3 Å². The van der Waals surface area contributed by atoms with Crippen LogP contribution >= 0.6 is 0 Å². The molecule has 0 saturated heterocycles. The van der Waals surface area contributed by atoms with Gasteiger partial charge in [0.1, 0.15) is 6.61 Å². The molecule has 6 heteroatoms. The number of rotatable bonds is 14. The standard InChI is InChI=1S/C24H34O6/c1-18(15-23(3,4)21(25)26)28-13-10-14-29-19(2)16-24(5,6)22(27)30-17-20-11-8-7-9-12-20/h7-9,11-12H,1-2,10,13-17H2,3-6H3,(H,25,26). The zero-order valence-electron chi connectivity index (χ0n) is 18.5. The molecule has 30 heavy (non-hydrogen) atoms. The second-order valence-corrected chi connectivity index (χ2v) is 8.62. The molecule has 166 valence electrons. The molecule has 0 fully saturated rings. The molecule has 0 radical (unpaired) electrons. The van der Waals surface area contributed by atoms with Crippen molar-refractivity contribution >= 4 is 11.9 Å². The lowest BCUT2D eigenvalue weighted by Crippen LogP contribution is -2.27. The second kappa shape index (κ2) is 11.4. The highest BCUT2D eigenvalue weighted by molar-refractivity contribution is 5.76. The molecular formula is C24H34O6. The van der Waals surface area contributed by atoms with E-state index >= 15 is 0 Å². The molecule has 6 nitrogen and oxygen atoms in total. The maximum atomic E-state index is 12.4. The Balaban J connectivity index is 2.27. The first-order valence-corrected chi connectivity index (χ1v) is 10.00. The fourth-order valence-corrected chi connectivity index (χ4v) is 2.65. The zero-order chi connectivity index (χ0) is 22.8. The summed E-state index contributed by atoms with van der Waals surface area (Å²) in [5.74, 6) is -0.264. The van der Waals surface area contributed by atoms with E-state index in [-0.39, 0.29) is 19.0 Å². The summed E-state index contributed by atoms with van der Waals surface area (Å²) in [6, 6.07) is 9.52. The monoisotopic (exact) mass is 418 g/mol. The second-order valence-electron chi connectivity index (χ2n) is 8.62. The summed E-state index contributed by atoms with van der Waals surface area (Å²) in [5.41, 5.74) is -0.730. The molecule has 1 aromatic rings. The van der Waals surface area contributed by atoms with Crippen LogP contribution in [0.2, 0.25) is 0 Å². The molecule has 1 aromatic carbocycles. The summed E-state index contributed by atoms with van der Waals surface area (Å²) in [7, 11) is 0. The lowest BCUT2D eigenvalue weighted by atomic mass is 9.89. The van der Waals surface area contributed by atoms with Crippen LogP contribution in [0.3, 0.4) is 0 Å². The van der Waals surface area contributed by atoms with Gasteiger partial charge in [-0.2, -0.15) is 0 Å². The number of esters is 1. The molecule has 0 unspecified atom stereocenters. The number of carboxylic acids is 1. The highest BCUT2D eigenvalue weighted by atomic mass is 16.5. The minimum atomic E-state index is -0.914. The van der Waals surface area contributed by atoms with Crippen molar-refractivity contribution in [2.75, 3.05) is 13.2 Å². The van der Waals surface area contributed by atoms with Gasteiger partial charge in [-0.05, 0) is 33.3 Å².